The van der Waals surface area contributed by atoms with E-state index in [1.165, 1.54) is 40.9 Å². The summed E-state index contributed by atoms with van der Waals surface area (Å²) < 4.78 is 0. The van der Waals surface area contributed by atoms with E-state index in [1.807, 2.05) is 12.1 Å². The second-order valence-corrected chi connectivity index (χ2v) is 11.5. The summed E-state index contributed by atoms with van der Waals surface area (Å²) in [6.07, 6.45) is 14.6. The second kappa shape index (κ2) is 10.7. The molecular formula is C38H33N3. The van der Waals surface area contributed by atoms with Gasteiger partial charge in [0, 0.05) is 41.0 Å². The van der Waals surface area contributed by atoms with Crippen molar-refractivity contribution in [2.45, 2.75) is 45.1 Å². The largest absolute Gasteiger partial charge is 0.381 e. The van der Waals surface area contributed by atoms with Crippen LogP contribution in [-0.4, -0.2) is 6.04 Å². The number of aryl methyl sites for hydroxylation is 1. The number of rotatable bonds is 5. The number of fused-ring (bicyclic) bond motifs is 3. The highest BCUT2D eigenvalue weighted by molar-refractivity contribution is 5.87. The Labute approximate surface area is 243 Å². The van der Waals surface area contributed by atoms with Crippen LogP contribution in [0.4, 0.5) is 5.69 Å². The van der Waals surface area contributed by atoms with Crippen molar-refractivity contribution in [3.8, 4) is 29.0 Å². The number of allylic oxidation sites excluding steroid dienone is 7. The first-order valence-corrected chi connectivity index (χ1v) is 14.7. The third-order valence-electron chi connectivity index (χ3n) is 8.85. The van der Waals surface area contributed by atoms with Gasteiger partial charge < -0.3 is 10.6 Å². The summed E-state index contributed by atoms with van der Waals surface area (Å²) in [7, 11) is 0. The van der Waals surface area contributed by atoms with Gasteiger partial charge in [-0.1, -0.05) is 78.1 Å². The summed E-state index contributed by atoms with van der Waals surface area (Å²) in [5, 5.41) is 17.1. The zero-order chi connectivity index (χ0) is 27.8. The van der Waals surface area contributed by atoms with Crippen LogP contribution in [0.1, 0.15) is 54.4 Å². The molecule has 1 heterocycles. The van der Waals surface area contributed by atoms with Crippen molar-refractivity contribution in [2.75, 3.05) is 5.32 Å². The molecule has 3 unspecified atom stereocenters. The molecule has 0 aromatic heterocycles. The molecule has 4 aliphatic rings. The summed E-state index contributed by atoms with van der Waals surface area (Å²) in [4.78, 5) is 0. The number of anilines is 1. The molecule has 0 radical (unpaired) electrons. The van der Waals surface area contributed by atoms with E-state index in [0.717, 1.165) is 47.2 Å². The molecule has 41 heavy (non-hydrogen) atoms. The van der Waals surface area contributed by atoms with Crippen LogP contribution < -0.4 is 10.6 Å². The molecule has 0 amide bonds. The number of nitrogens with one attached hydrogen (secondary N) is 2. The van der Waals surface area contributed by atoms with E-state index in [-0.39, 0.29) is 0 Å². The smallest absolute Gasteiger partial charge is 0.0991 e. The third-order valence-corrected chi connectivity index (χ3v) is 8.85. The summed E-state index contributed by atoms with van der Waals surface area (Å²) in [6.45, 7) is 2.13. The molecule has 0 bridgehead atoms. The van der Waals surface area contributed by atoms with Crippen molar-refractivity contribution in [3.05, 3.63) is 125 Å². The SMILES string of the molecule is Cc1cccc(C2=C(Nc3cc(C4=C5NC6C=CCCC6C5CC=C4)cc(-c4ccc(C#N)cc4)c3)CCC#C2)c1. The number of hydrogen-bond acceptors (Lipinski definition) is 3. The Morgan fingerprint density at radius 1 is 0.951 bits per heavy atom. The highest BCUT2D eigenvalue weighted by Gasteiger charge is 2.40. The lowest BCUT2D eigenvalue weighted by Gasteiger charge is -2.25. The molecule has 3 aromatic rings. The number of hydrogen-bond donors (Lipinski definition) is 2. The highest BCUT2D eigenvalue weighted by atomic mass is 15.0. The molecule has 3 atom stereocenters. The molecule has 3 nitrogen and oxygen atoms in total. The number of benzene rings is 3. The number of nitriles is 1. The second-order valence-electron chi connectivity index (χ2n) is 11.5. The first-order valence-electron chi connectivity index (χ1n) is 14.7. The lowest BCUT2D eigenvalue weighted by molar-refractivity contribution is 0.370. The summed E-state index contributed by atoms with van der Waals surface area (Å²) >= 11 is 0. The third kappa shape index (κ3) is 4.90. The van der Waals surface area contributed by atoms with Crippen molar-refractivity contribution in [2.24, 2.45) is 11.8 Å². The fourth-order valence-corrected chi connectivity index (χ4v) is 6.85. The molecule has 1 saturated heterocycles. The summed E-state index contributed by atoms with van der Waals surface area (Å²) in [5.41, 5.74) is 12.5. The summed E-state index contributed by atoms with van der Waals surface area (Å²) in [5.74, 6) is 7.96. The zero-order valence-corrected chi connectivity index (χ0v) is 23.4. The first kappa shape index (κ1) is 25.3. The van der Waals surface area contributed by atoms with Crippen LogP contribution in [0.2, 0.25) is 0 Å². The minimum absolute atomic E-state index is 0.431. The van der Waals surface area contributed by atoms with Gasteiger partial charge in [0.15, 0.2) is 0 Å². The first-order chi connectivity index (χ1) is 20.2. The average Bonchev–Trinajstić information content (AvgIpc) is 3.40. The molecular weight excluding hydrogens is 498 g/mol. The van der Waals surface area contributed by atoms with Gasteiger partial charge >= 0.3 is 0 Å². The van der Waals surface area contributed by atoms with Gasteiger partial charge in [-0.3, -0.25) is 0 Å². The fraction of sp³-hybridized carbons (Fsp3) is 0.237. The molecule has 200 valence electrons. The standard InChI is InChI=1S/C38H33N3/c1-25-8-6-9-28(20-25)32-10-2-4-14-36(32)40-31-22-29(27-18-16-26(24-39)17-19-27)21-30(23-31)33-12-7-13-35-34-11-3-5-15-37(34)41-38(33)35/h5-9,12,15-23,34-35,37,40-41H,3-4,11,13-14H2,1H3. The van der Waals surface area contributed by atoms with E-state index in [2.05, 4.69) is 114 Å². The molecule has 7 rings (SSSR count). The predicted octanol–water partition coefficient (Wildman–Crippen LogP) is 8.38. The molecule has 1 aliphatic heterocycles. The molecule has 3 heteroatoms. The van der Waals surface area contributed by atoms with E-state index in [9.17, 15) is 5.26 Å². The maximum Gasteiger partial charge on any atom is 0.0991 e. The normalized spacial score (nSPS) is 22.3. The Morgan fingerprint density at radius 2 is 1.83 bits per heavy atom. The Balaban J connectivity index is 1.34. The minimum Gasteiger partial charge on any atom is -0.381 e. The van der Waals surface area contributed by atoms with E-state index in [1.54, 1.807) is 0 Å². The lowest BCUT2D eigenvalue weighted by atomic mass is 9.78. The lowest BCUT2D eigenvalue weighted by Crippen LogP contribution is -2.26. The van der Waals surface area contributed by atoms with Gasteiger partial charge in [0.1, 0.15) is 0 Å². The Hall–Kier alpha value is -4.73. The van der Waals surface area contributed by atoms with Gasteiger partial charge in [-0.15, -0.1) is 0 Å². The predicted molar refractivity (Wildman–Crippen MR) is 168 cm³/mol. The van der Waals surface area contributed by atoms with E-state index in [4.69, 9.17) is 0 Å². The van der Waals surface area contributed by atoms with E-state index >= 15 is 0 Å². The minimum atomic E-state index is 0.431. The van der Waals surface area contributed by atoms with Gasteiger partial charge in [-0.2, -0.15) is 5.26 Å². The van der Waals surface area contributed by atoms with Gasteiger partial charge in [-0.25, -0.2) is 0 Å². The molecule has 0 saturated carbocycles. The van der Waals surface area contributed by atoms with E-state index in [0.29, 0.717) is 23.4 Å². The van der Waals surface area contributed by atoms with Crippen molar-refractivity contribution >= 4 is 16.8 Å². The summed E-state index contributed by atoms with van der Waals surface area (Å²) in [6, 6.07) is 26.0. The molecule has 1 fully saturated rings. The molecule has 3 aliphatic carbocycles. The van der Waals surface area contributed by atoms with Crippen LogP contribution in [0.25, 0.3) is 22.3 Å². The molecule has 3 aromatic carbocycles. The topological polar surface area (TPSA) is 47.8 Å². The van der Waals surface area contributed by atoms with Crippen LogP contribution in [0.15, 0.2) is 102 Å². The van der Waals surface area contributed by atoms with Gasteiger partial charge in [-0.05, 0) is 91.1 Å². The fourth-order valence-electron chi connectivity index (χ4n) is 6.85. The van der Waals surface area contributed by atoms with Crippen LogP contribution in [0.3, 0.4) is 0 Å². The Kier molecular flexibility index (Phi) is 6.58. The van der Waals surface area contributed by atoms with Crippen molar-refractivity contribution in [1.82, 2.24) is 5.32 Å². The van der Waals surface area contributed by atoms with Gasteiger partial charge in [0.2, 0.25) is 0 Å². The molecule has 2 N–H and O–H groups in total. The van der Waals surface area contributed by atoms with Gasteiger partial charge in [0.05, 0.1) is 17.2 Å². The monoisotopic (exact) mass is 531 g/mol. The molecule has 0 spiro atoms. The van der Waals surface area contributed by atoms with Crippen molar-refractivity contribution in [3.63, 3.8) is 0 Å². The number of nitrogens with zero attached hydrogens (tertiary/aromatic N) is 1. The van der Waals surface area contributed by atoms with Crippen LogP contribution in [-0.2, 0) is 0 Å². The quantitative estimate of drug-likeness (QED) is 0.257. The maximum atomic E-state index is 9.35. The van der Waals surface area contributed by atoms with Crippen LogP contribution in [0.5, 0.6) is 0 Å². The van der Waals surface area contributed by atoms with Crippen molar-refractivity contribution < 1.29 is 0 Å². The highest BCUT2D eigenvalue weighted by Crippen LogP contribution is 2.45. The van der Waals surface area contributed by atoms with E-state index < -0.39 is 0 Å². The van der Waals surface area contributed by atoms with Crippen LogP contribution in [0, 0.1) is 41.9 Å². The van der Waals surface area contributed by atoms with Crippen LogP contribution >= 0.6 is 0 Å². The average molecular weight is 532 g/mol. The zero-order valence-electron chi connectivity index (χ0n) is 23.4. The Morgan fingerprint density at radius 3 is 2.68 bits per heavy atom. The Bertz CT molecular complexity index is 1750. The van der Waals surface area contributed by atoms with Crippen molar-refractivity contribution in [1.29, 1.82) is 5.26 Å². The maximum absolute atomic E-state index is 9.35. The van der Waals surface area contributed by atoms with Gasteiger partial charge in [0.25, 0.3) is 0 Å².